The van der Waals surface area contributed by atoms with E-state index in [-0.39, 0.29) is 0 Å². The number of nitrogens with one attached hydrogen (secondary N) is 1. The zero-order valence-electron chi connectivity index (χ0n) is 8.37. The minimum atomic E-state index is 0.402. The second-order valence-electron chi connectivity index (χ2n) is 3.70. The van der Waals surface area contributed by atoms with Crippen LogP contribution in [0, 0.1) is 0 Å². The van der Waals surface area contributed by atoms with Crippen molar-refractivity contribution in [2.45, 2.75) is 31.9 Å². The molecule has 0 aromatic carbocycles. The fraction of sp³-hybridized carbons (Fsp3) is 0.636. The molecule has 1 aromatic rings. The number of furan rings is 1. The Morgan fingerprint density at radius 2 is 2.43 bits per heavy atom. The van der Waals surface area contributed by atoms with Crippen LogP contribution in [0.5, 0.6) is 0 Å². The standard InChI is InChI=1S/C11H17NO2/c1-2-6-13-10(4-1)8-12-9-11-5-3-7-14-11/h3,5,7,10,12H,1-2,4,6,8-9H2. The van der Waals surface area contributed by atoms with Crippen molar-refractivity contribution < 1.29 is 9.15 Å². The van der Waals surface area contributed by atoms with Crippen molar-refractivity contribution in [2.24, 2.45) is 0 Å². The highest BCUT2D eigenvalue weighted by molar-refractivity contribution is 4.97. The molecule has 1 atom stereocenters. The summed E-state index contributed by atoms with van der Waals surface area (Å²) in [5, 5.41) is 3.34. The number of hydrogen-bond acceptors (Lipinski definition) is 3. The highest BCUT2D eigenvalue weighted by atomic mass is 16.5. The molecule has 0 saturated carbocycles. The number of hydrogen-bond donors (Lipinski definition) is 1. The summed E-state index contributed by atoms with van der Waals surface area (Å²) in [6, 6.07) is 3.89. The van der Waals surface area contributed by atoms with Crippen molar-refractivity contribution in [3.63, 3.8) is 0 Å². The molecular formula is C11H17NO2. The third kappa shape index (κ3) is 2.86. The maximum absolute atomic E-state index is 5.60. The van der Waals surface area contributed by atoms with Crippen LogP contribution in [0.4, 0.5) is 0 Å². The fourth-order valence-corrected chi connectivity index (χ4v) is 1.74. The van der Waals surface area contributed by atoms with Crippen molar-refractivity contribution in [3.8, 4) is 0 Å². The van der Waals surface area contributed by atoms with Crippen molar-refractivity contribution in [1.82, 2.24) is 5.32 Å². The minimum absolute atomic E-state index is 0.402. The van der Waals surface area contributed by atoms with Crippen molar-refractivity contribution in [1.29, 1.82) is 0 Å². The van der Waals surface area contributed by atoms with Crippen LogP contribution < -0.4 is 5.32 Å². The van der Waals surface area contributed by atoms with Gasteiger partial charge in [-0.3, -0.25) is 0 Å². The Labute approximate surface area is 84.4 Å². The van der Waals surface area contributed by atoms with E-state index in [1.54, 1.807) is 6.26 Å². The van der Waals surface area contributed by atoms with Gasteiger partial charge in [0.15, 0.2) is 0 Å². The second-order valence-corrected chi connectivity index (χ2v) is 3.70. The largest absolute Gasteiger partial charge is 0.468 e. The maximum atomic E-state index is 5.60. The fourth-order valence-electron chi connectivity index (χ4n) is 1.74. The van der Waals surface area contributed by atoms with E-state index in [9.17, 15) is 0 Å². The molecule has 0 bridgehead atoms. The van der Waals surface area contributed by atoms with Crippen LogP contribution in [0.15, 0.2) is 22.8 Å². The predicted octanol–water partition coefficient (Wildman–Crippen LogP) is 1.94. The molecule has 1 saturated heterocycles. The van der Waals surface area contributed by atoms with E-state index in [4.69, 9.17) is 9.15 Å². The third-order valence-electron chi connectivity index (χ3n) is 2.53. The quantitative estimate of drug-likeness (QED) is 0.797. The van der Waals surface area contributed by atoms with Crippen LogP contribution in [0.3, 0.4) is 0 Å². The average molecular weight is 195 g/mol. The van der Waals surface area contributed by atoms with Gasteiger partial charge >= 0.3 is 0 Å². The number of ether oxygens (including phenoxy) is 1. The lowest BCUT2D eigenvalue weighted by atomic mass is 10.1. The van der Waals surface area contributed by atoms with E-state index in [1.165, 1.54) is 19.3 Å². The summed E-state index contributed by atoms with van der Waals surface area (Å²) in [5.74, 6) is 0.987. The zero-order chi connectivity index (χ0) is 9.64. The molecule has 1 fully saturated rings. The normalized spacial score (nSPS) is 22.4. The molecule has 1 unspecified atom stereocenters. The van der Waals surface area contributed by atoms with Crippen molar-refractivity contribution in [2.75, 3.05) is 13.2 Å². The molecule has 78 valence electrons. The van der Waals surface area contributed by atoms with Crippen LogP contribution in [-0.2, 0) is 11.3 Å². The van der Waals surface area contributed by atoms with Crippen LogP contribution in [0.2, 0.25) is 0 Å². The molecule has 0 spiro atoms. The lowest BCUT2D eigenvalue weighted by molar-refractivity contribution is 0.0166. The molecule has 0 radical (unpaired) electrons. The Morgan fingerprint density at radius 3 is 3.14 bits per heavy atom. The van der Waals surface area contributed by atoms with Crippen LogP contribution in [0.1, 0.15) is 25.0 Å². The lowest BCUT2D eigenvalue weighted by Crippen LogP contribution is -2.31. The van der Waals surface area contributed by atoms with Gasteiger partial charge in [-0.05, 0) is 31.4 Å². The first kappa shape index (κ1) is 9.74. The van der Waals surface area contributed by atoms with Crippen molar-refractivity contribution in [3.05, 3.63) is 24.2 Å². The van der Waals surface area contributed by atoms with E-state index in [1.807, 2.05) is 12.1 Å². The third-order valence-corrected chi connectivity index (χ3v) is 2.53. The molecule has 14 heavy (non-hydrogen) atoms. The molecule has 2 heterocycles. The molecular weight excluding hydrogens is 178 g/mol. The topological polar surface area (TPSA) is 34.4 Å². The minimum Gasteiger partial charge on any atom is -0.468 e. The summed E-state index contributed by atoms with van der Waals surface area (Å²) < 4.78 is 10.8. The highest BCUT2D eigenvalue weighted by Gasteiger charge is 2.12. The van der Waals surface area contributed by atoms with Gasteiger partial charge in [-0.15, -0.1) is 0 Å². The summed E-state index contributed by atoms with van der Waals surface area (Å²) in [6.45, 7) is 2.65. The molecule has 1 aromatic heterocycles. The molecule has 3 heteroatoms. The van der Waals surface area contributed by atoms with E-state index in [0.29, 0.717) is 6.10 Å². The monoisotopic (exact) mass is 195 g/mol. The Balaban J connectivity index is 1.62. The first-order chi connectivity index (χ1) is 6.95. The van der Waals surface area contributed by atoms with E-state index in [0.717, 1.165) is 25.5 Å². The van der Waals surface area contributed by atoms with E-state index < -0.39 is 0 Å². The van der Waals surface area contributed by atoms with Gasteiger partial charge in [-0.1, -0.05) is 0 Å². The summed E-state index contributed by atoms with van der Waals surface area (Å²) in [6.07, 6.45) is 5.81. The summed E-state index contributed by atoms with van der Waals surface area (Å²) >= 11 is 0. The van der Waals surface area contributed by atoms with Crippen LogP contribution in [0.25, 0.3) is 0 Å². The molecule has 1 aliphatic rings. The Bertz CT molecular complexity index is 240. The summed E-state index contributed by atoms with van der Waals surface area (Å²) in [4.78, 5) is 0. The molecule has 0 amide bonds. The second kappa shape index (κ2) is 5.17. The predicted molar refractivity (Wildman–Crippen MR) is 54.0 cm³/mol. The van der Waals surface area contributed by atoms with Gasteiger partial charge < -0.3 is 14.5 Å². The maximum Gasteiger partial charge on any atom is 0.117 e. The Morgan fingerprint density at radius 1 is 1.43 bits per heavy atom. The van der Waals surface area contributed by atoms with Crippen LogP contribution >= 0.6 is 0 Å². The van der Waals surface area contributed by atoms with E-state index >= 15 is 0 Å². The first-order valence-corrected chi connectivity index (χ1v) is 5.30. The molecule has 1 N–H and O–H groups in total. The summed E-state index contributed by atoms with van der Waals surface area (Å²) in [5.41, 5.74) is 0. The number of rotatable bonds is 4. The lowest BCUT2D eigenvalue weighted by Gasteiger charge is -2.22. The van der Waals surface area contributed by atoms with Gasteiger partial charge in [0.25, 0.3) is 0 Å². The zero-order valence-corrected chi connectivity index (χ0v) is 8.37. The van der Waals surface area contributed by atoms with Gasteiger partial charge in [-0.2, -0.15) is 0 Å². The van der Waals surface area contributed by atoms with Gasteiger partial charge in [0, 0.05) is 13.2 Å². The van der Waals surface area contributed by atoms with E-state index in [2.05, 4.69) is 5.32 Å². The highest BCUT2D eigenvalue weighted by Crippen LogP contribution is 2.11. The molecule has 0 aliphatic carbocycles. The van der Waals surface area contributed by atoms with Crippen LogP contribution in [-0.4, -0.2) is 19.3 Å². The van der Waals surface area contributed by atoms with Gasteiger partial charge in [0.1, 0.15) is 5.76 Å². The van der Waals surface area contributed by atoms with Gasteiger partial charge in [0.2, 0.25) is 0 Å². The SMILES string of the molecule is c1coc(CNCC2CCCCO2)c1. The molecule has 3 nitrogen and oxygen atoms in total. The van der Waals surface area contributed by atoms with Crippen molar-refractivity contribution >= 4 is 0 Å². The van der Waals surface area contributed by atoms with Gasteiger partial charge in [0.05, 0.1) is 18.9 Å². The smallest absolute Gasteiger partial charge is 0.117 e. The molecule has 2 rings (SSSR count). The van der Waals surface area contributed by atoms with Gasteiger partial charge in [-0.25, -0.2) is 0 Å². The summed E-state index contributed by atoms with van der Waals surface area (Å²) in [7, 11) is 0. The Hall–Kier alpha value is -0.800. The average Bonchev–Trinajstić information content (AvgIpc) is 2.72. The molecule has 1 aliphatic heterocycles. The first-order valence-electron chi connectivity index (χ1n) is 5.30. The Kier molecular flexibility index (Phi) is 3.60.